The third kappa shape index (κ3) is 5.17. The van der Waals surface area contributed by atoms with Crippen molar-refractivity contribution in [1.29, 1.82) is 0 Å². The van der Waals surface area contributed by atoms with Gasteiger partial charge in [-0.2, -0.15) is 0 Å². The van der Waals surface area contributed by atoms with E-state index in [0.29, 0.717) is 28.6 Å². The van der Waals surface area contributed by atoms with Gasteiger partial charge in [0.1, 0.15) is 5.82 Å². The Bertz CT molecular complexity index is 1430. The fraction of sp³-hybridized carbons (Fsp3) is 0.0741. The van der Waals surface area contributed by atoms with E-state index >= 15 is 0 Å². The first-order chi connectivity index (χ1) is 17.1. The van der Waals surface area contributed by atoms with Crippen LogP contribution in [0.5, 0.6) is 0 Å². The van der Waals surface area contributed by atoms with Crippen molar-refractivity contribution >= 4 is 23.4 Å². The van der Waals surface area contributed by atoms with E-state index in [9.17, 15) is 9.18 Å². The molecule has 6 nitrogen and oxygen atoms in total. The number of benzene rings is 3. The first-order valence-electron chi connectivity index (χ1n) is 10.9. The summed E-state index contributed by atoms with van der Waals surface area (Å²) in [5.74, 6) is 1.31. The standard InChI is InChI=1S/C27H21FN4O2S/c1-18-4-14-23(15-5-18)32-25(24-3-2-16-34-24)30-31-27(32)35-17-19-6-8-20(9-7-19)26(33)29-22-12-10-21(28)11-13-22/h2-16H,17H2,1H3,(H,29,33). The Morgan fingerprint density at radius 2 is 1.71 bits per heavy atom. The van der Waals surface area contributed by atoms with Crippen molar-refractivity contribution in [3.05, 3.63) is 114 Å². The van der Waals surface area contributed by atoms with Gasteiger partial charge in [-0.15, -0.1) is 10.2 Å². The molecule has 0 saturated heterocycles. The Hall–Kier alpha value is -4.17. The quantitative estimate of drug-likeness (QED) is 0.266. The van der Waals surface area contributed by atoms with Crippen LogP contribution in [0.1, 0.15) is 21.5 Å². The second-order valence-electron chi connectivity index (χ2n) is 7.90. The molecule has 0 unspecified atom stereocenters. The number of halogens is 1. The Balaban J connectivity index is 1.32. The number of nitrogens with one attached hydrogen (secondary N) is 1. The molecule has 5 rings (SSSR count). The van der Waals surface area contributed by atoms with E-state index in [1.165, 1.54) is 29.8 Å². The minimum atomic E-state index is -0.348. The van der Waals surface area contributed by atoms with Crippen molar-refractivity contribution in [2.75, 3.05) is 5.32 Å². The number of thioether (sulfide) groups is 1. The van der Waals surface area contributed by atoms with Gasteiger partial charge in [-0.05, 0) is 73.2 Å². The summed E-state index contributed by atoms with van der Waals surface area (Å²) < 4.78 is 20.6. The van der Waals surface area contributed by atoms with Gasteiger partial charge in [0.15, 0.2) is 10.9 Å². The van der Waals surface area contributed by atoms with Gasteiger partial charge in [0.25, 0.3) is 5.91 Å². The van der Waals surface area contributed by atoms with Crippen molar-refractivity contribution in [3.8, 4) is 17.3 Å². The molecule has 0 aliphatic rings. The molecule has 2 heterocycles. The second-order valence-corrected chi connectivity index (χ2v) is 8.84. The highest BCUT2D eigenvalue weighted by Gasteiger charge is 2.18. The average Bonchev–Trinajstić information content (AvgIpc) is 3.55. The SMILES string of the molecule is Cc1ccc(-n2c(SCc3ccc(C(=O)Nc4ccc(F)cc4)cc3)nnc2-c2ccco2)cc1. The maximum atomic E-state index is 13.1. The predicted molar refractivity (Wildman–Crippen MR) is 134 cm³/mol. The Morgan fingerprint density at radius 3 is 2.40 bits per heavy atom. The van der Waals surface area contributed by atoms with Crippen molar-refractivity contribution in [1.82, 2.24) is 14.8 Å². The van der Waals surface area contributed by atoms with E-state index in [-0.39, 0.29) is 11.7 Å². The lowest BCUT2D eigenvalue weighted by molar-refractivity contribution is 0.102. The summed E-state index contributed by atoms with van der Waals surface area (Å²) in [7, 11) is 0. The van der Waals surface area contributed by atoms with Gasteiger partial charge in [-0.3, -0.25) is 9.36 Å². The average molecular weight is 485 g/mol. The monoisotopic (exact) mass is 484 g/mol. The number of aryl methyl sites for hydroxylation is 1. The van der Waals surface area contributed by atoms with Crippen LogP contribution in [-0.2, 0) is 5.75 Å². The third-order valence-electron chi connectivity index (χ3n) is 5.35. The molecule has 0 bridgehead atoms. The smallest absolute Gasteiger partial charge is 0.255 e. The number of anilines is 1. The van der Waals surface area contributed by atoms with Crippen LogP contribution in [0.4, 0.5) is 10.1 Å². The molecule has 35 heavy (non-hydrogen) atoms. The van der Waals surface area contributed by atoms with Gasteiger partial charge < -0.3 is 9.73 Å². The van der Waals surface area contributed by atoms with Crippen molar-refractivity contribution in [2.45, 2.75) is 17.8 Å². The lowest BCUT2D eigenvalue weighted by atomic mass is 10.1. The van der Waals surface area contributed by atoms with Crippen molar-refractivity contribution in [2.24, 2.45) is 0 Å². The van der Waals surface area contributed by atoms with Crippen LogP contribution in [0, 0.1) is 12.7 Å². The van der Waals surface area contributed by atoms with Crippen LogP contribution in [0.3, 0.4) is 0 Å². The molecule has 1 N–H and O–H groups in total. The number of carbonyl (C=O) groups is 1. The van der Waals surface area contributed by atoms with E-state index in [2.05, 4.69) is 15.5 Å². The molecular formula is C27H21FN4O2S. The summed E-state index contributed by atoms with van der Waals surface area (Å²) in [5, 5.41) is 12.3. The molecule has 1 amide bonds. The highest BCUT2D eigenvalue weighted by molar-refractivity contribution is 7.98. The first-order valence-corrected chi connectivity index (χ1v) is 11.9. The summed E-state index contributed by atoms with van der Waals surface area (Å²) in [6.45, 7) is 2.04. The predicted octanol–water partition coefficient (Wildman–Crippen LogP) is 6.52. The van der Waals surface area contributed by atoms with E-state index in [1.807, 2.05) is 60.0 Å². The minimum Gasteiger partial charge on any atom is -0.461 e. The van der Waals surface area contributed by atoms with Crippen LogP contribution in [-0.4, -0.2) is 20.7 Å². The number of aromatic nitrogens is 3. The molecule has 0 aliphatic heterocycles. The Labute approximate surface area is 205 Å². The van der Waals surface area contributed by atoms with Gasteiger partial charge in [-0.1, -0.05) is 41.6 Å². The normalized spacial score (nSPS) is 10.9. The van der Waals surface area contributed by atoms with E-state index in [1.54, 1.807) is 30.2 Å². The van der Waals surface area contributed by atoms with E-state index in [4.69, 9.17) is 4.42 Å². The van der Waals surface area contributed by atoms with Gasteiger partial charge >= 0.3 is 0 Å². The van der Waals surface area contributed by atoms with Crippen LogP contribution >= 0.6 is 11.8 Å². The summed E-state index contributed by atoms with van der Waals surface area (Å²) in [5.41, 5.74) is 4.21. The zero-order chi connectivity index (χ0) is 24.2. The minimum absolute atomic E-state index is 0.252. The fourth-order valence-electron chi connectivity index (χ4n) is 3.49. The van der Waals surface area contributed by atoms with Gasteiger partial charge in [0, 0.05) is 22.7 Å². The Kier molecular flexibility index (Phi) is 6.45. The summed E-state index contributed by atoms with van der Waals surface area (Å²) in [4.78, 5) is 12.5. The zero-order valence-electron chi connectivity index (χ0n) is 18.8. The number of carbonyl (C=O) groups excluding carboxylic acids is 1. The van der Waals surface area contributed by atoms with Gasteiger partial charge in [0.05, 0.1) is 6.26 Å². The fourth-order valence-corrected chi connectivity index (χ4v) is 4.40. The first kappa shape index (κ1) is 22.6. The van der Waals surface area contributed by atoms with E-state index in [0.717, 1.165) is 16.4 Å². The number of nitrogens with zero attached hydrogens (tertiary/aromatic N) is 3. The highest BCUT2D eigenvalue weighted by Crippen LogP contribution is 2.30. The molecular weight excluding hydrogens is 463 g/mol. The van der Waals surface area contributed by atoms with E-state index < -0.39 is 0 Å². The third-order valence-corrected chi connectivity index (χ3v) is 6.35. The van der Waals surface area contributed by atoms with Gasteiger partial charge in [0.2, 0.25) is 5.82 Å². The lowest BCUT2D eigenvalue weighted by Gasteiger charge is -2.10. The summed E-state index contributed by atoms with van der Waals surface area (Å²) in [6, 6.07) is 24.9. The largest absolute Gasteiger partial charge is 0.461 e. The number of hydrogen-bond donors (Lipinski definition) is 1. The number of amides is 1. The lowest BCUT2D eigenvalue weighted by Crippen LogP contribution is -2.11. The highest BCUT2D eigenvalue weighted by atomic mass is 32.2. The van der Waals surface area contributed by atoms with Crippen molar-refractivity contribution in [3.63, 3.8) is 0 Å². The molecule has 0 fully saturated rings. The molecule has 3 aromatic carbocycles. The van der Waals surface area contributed by atoms with Crippen LogP contribution in [0.15, 0.2) is 101 Å². The number of hydrogen-bond acceptors (Lipinski definition) is 5. The molecule has 2 aromatic heterocycles. The topological polar surface area (TPSA) is 73.0 Å². The summed E-state index contributed by atoms with van der Waals surface area (Å²) in [6.07, 6.45) is 1.62. The molecule has 0 radical (unpaired) electrons. The maximum absolute atomic E-state index is 13.1. The second kappa shape index (κ2) is 9.99. The molecule has 0 saturated carbocycles. The number of rotatable bonds is 7. The number of furan rings is 1. The van der Waals surface area contributed by atoms with Crippen molar-refractivity contribution < 1.29 is 13.6 Å². The molecule has 0 aliphatic carbocycles. The molecule has 174 valence electrons. The molecule has 5 aromatic rings. The molecule has 0 atom stereocenters. The maximum Gasteiger partial charge on any atom is 0.255 e. The van der Waals surface area contributed by atoms with Crippen LogP contribution in [0.25, 0.3) is 17.3 Å². The zero-order valence-corrected chi connectivity index (χ0v) is 19.6. The van der Waals surface area contributed by atoms with Crippen LogP contribution < -0.4 is 5.32 Å². The molecule has 0 spiro atoms. The van der Waals surface area contributed by atoms with Crippen LogP contribution in [0.2, 0.25) is 0 Å². The summed E-state index contributed by atoms with van der Waals surface area (Å²) >= 11 is 1.55. The Morgan fingerprint density at radius 1 is 0.971 bits per heavy atom. The molecule has 8 heteroatoms. The van der Waals surface area contributed by atoms with Gasteiger partial charge in [-0.25, -0.2) is 4.39 Å².